The molecule has 0 aliphatic rings. The van der Waals surface area contributed by atoms with Gasteiger partial charge in [-0.1, -0.05) is 6.92 Å². The van der Waals surface area contributed by atoms with Crippen LogP contribution in [0.4, 0.5) is 0 Å². The second-order valence-corrected chi connectivity index (χ2v) is 3.60. The summed E-state index contributed by atoms with van der Waals surface area (Å²) >= 11 is 0. The first kappa shape index (κ1) is 16.4. The lowest BCUT2D eigenvalue weighted by Gasteiger charge is -2.13. The summed E-state index contributed by atoms with van der Waals surface area (Å²) in [5.74, 6) is -2.43. The first-order valence-corrected chi connectivity index (χ1v) is 5.68. The fourth-order valence-corrected chi connectivity index (χ4v) is 1.13. The second-order valence-electron chi connectivity index (χ2n) is 3.60. The van der Waals surface area contributed by atoms with E-state index in [-0.39, 0.29) is 13.0 Å². The van der Waals surface area contributed by atoms with Crippen LogP contribution < -0.4 is 5.32 Å². The van der Waals surface area contributed by atoms with Crippen LogP contribution in [0.5, 0.6) is 0 Å². The van der Waals surface area contributed by atoms with E-state index in [1.54, 1.807) is 0 Å². The maximum absolute atomic E-state index is 11.4. The third-order valence-electron chi connectivity index (χ3n) is 2.05. The minimum atomic E-state index is -1.27. The van der Waals surface area contributed by atoms with E-state index in [1.165, 1.54) is 0 Å². The maximum Gasteiger partial charge on any atom is 0.326 e. The largest absolute Gasteiger partial charge is 0.480 e. The lowest BCUT2D eigenvalue weighted by molar-refractivity contribution is -0.148. The van der Waals surface area contributed by atoms with Gasteiger partial charge in [0.05, 0.1) is 20.1 Å². The van der Waals surface area contributed by atoms with E-state index in [1.807, 2.05) is 6.92 Å². The van der Waals surface area contributed by atoms with Crippen molar-refractivity contribution >= 4 is 17.8 Å². The molecule has 0 saturated carbocycles. The molecule has 0 rings (SSSR count). The molecule has 0 heterocycles. The number of carboxylic acid groups (broad SMARTS) is 1. The molecule has 0 aliphatic carbocycles. The summed E-state index contributed by atoms with van der Waals surface area (Å²) in [4.78, 5) is 33.1. The molecule has 0 aromatic carbocycles. The Bertz CT molecular complexity index is 291. The molecule has 0 saturated heterocycles. The summed E-state index contributed by atoms with van der Waals surface area (Å²) in [6.07, 6.45) is 0.514. The number of aliphatic carboxylic acids is 1. The molecule has 18 heavy (non-hydrogen) atoms. The van der Waals surface area contributed by atoms with Gasteiger partial charge in [0.25, 0.3) is 0 Å². The average molecular weight is 261 g/mol. The van der Waals surface area contributed by atoms with Crippen LogP contribution in [0.15, 0.2) is 0 Å². The fraction of sp³-hybridized carbons (Fsp3) is 0.727. The first-order valence-electron chi connectivity index (χ1n) is 5.68. The predicted molar refractivity (Wildman–Crippen MR) is 61.9 cm³/mol. The smallest absolute Gasteiger partial charge is 0.326 e. The minimum Gasteiger partial charge on any atom is -0.480 e. The number of carbonyl (C=O) groups is 3. The molecule has 0 aromatic rings. The fourth-order valence-electron chi connectivity index (χ4n) is 1.13. The number of esters is 1. The quantitative estimate of drug-likeness (QED) is 0.445. The molecule has 1 amide bonds. The predicted octanol–water partition coefficient (Wildman–Crippen LogP) is -0.0644. The Labute approximate surface area is 105 Å². The number of amides is 1. The Morgan fingerprint density at radius 1 is 1.28 bits per heavy atom. The molecule has 1 atom stereocenters. The van der Waals surface area contributed by atoms with Crippen molar-refractivity contribution in [3.05, 3.63) is 0 Å². The van der Waals surface area contributed by atoms with Gasteiger partial charge in [-0.05, 0) is 6.42 Å². The molecule has 0 radical (unpaired) electrons. The molecule has 0 aliphatic heterocycles. The van der Waals surface area contributed by atoms with Crippen LogP contribution >= 0.6 is 0 Å². The van der Waals surface area contributed by atoms with Crippen molar-refractivity contribution in [1.29, 1.82) is 0 Å². The average Bonchev–Trinajstić information content (AvgIpc) is 2.33. The lowest BCUT2D eigenvalue weighted by Crippen LogP contribution is -2.42. The SMILES string of the molecule is CCCOCCC(=O)N[C@@H](CC(=O)OC)C(=O)O. The van der Waals surface area contributed by atoms with Crippen molar-refractivity contribution < 1.29 is 29.0 Å². The Hall–Kier alpha value is -1.63. The summed E-state index contributed by atoms with van der Waals surface area (Å²) in [7, 11) is 1.15. The van der Waals surface area contributed by atoms with E-state index >= 15 is 0 Å². The van der Waals surface area contributed by atoms with Crippen molar-refractivity contribution in [2.24, 2.45) is 0 Å². The molecular weight excluding hydrogens is 242 g/mol. The molecular formula is C11H19NO6. The number of rotatable bonds is 9. The van der Waals surface area contributed by atoms with Crippen molar-refractivity contribution in [2.75, 3.05) is 20.3 Å². The van der Waals surface area contributed by atoms with Crippen molar-refractivity contribution in [3.63, 3.8) is 0 Å². The number of methoxy groups -OCH3 is 1. The van der Waals surface area contributed by atoms with Crippen molar-refractivity contribution in [2.45, 2.75) is 32.2 Å². The molecule has 0 bridgehead atoms. The van der Waals surface area contributed by atoms with Gasteiger partial charge in [-0.3, -0.25) is 9.59 Å². The molecule has 7 heteroatoms. The number of nitrogens with one attached hydrogen (secondary N) is 1. The van der Waals surface area contributed by atoms with Crippen LogP contribution in [0.3, 0.4) is 0 Å². The summed E-state index contributed by atoms with van der Waals surface area (Å²) < 4.78 is 9.45. The molecule has 0 unspecified atom stereocenters. The van der Waals surface area contributed by atoms with Crippen LogP contribution in [-0.4, -0.2) is 49.3 Å². The summed E-state index contributed by atoms with van der Waals surface area (Å²) in [6.45, 7) is 2.72. The number of carboxylic acids is 1. The van der Waals surface area contributed by atoms with Crippen LogP contribution in [0, 0.1) is 0 Å². The van der Waals surface area contributed by atoms with E-state index in [4.69, 9.17) is 9.84 Å². The molecule has 7 nitrogen and oxygen atoms in total. The Kier molecular flexibility index (Phi) is 8.55. The standard InChI is InChI=1S/C11H19NO6/c1-3-5-18-6-4-9(13)12-8(11(15)16)7-10(14)17-2/h8H,3-7H2,1-2H3,(H,12,13)(H,15,16)/t8-/m0/s1. The molecule has 104 valence electrons. The highest BCUT2D eigenvalue weighted by Crippen LogP contribution is 1.96. The van der Waals surface area contributed by atoms with Crippen molar-refractivity contribution in [3.8, 4) is 0 Å². The van der Waals surface area contributed by atoms with E-state index < -0.39 is 30.3 Å². The van der Waals surface area contributed by atoms with Crippen LogP contribution in [0.2, 0.25) is 0 Å². The zero-order valence-corrected chi connectivity index (χ0v) is 10.6. The van der Waals surface area contributed by atoms with Gasteiger partial charge in [0.2, 0.25) is 5.91 Å². The van der Waals surface area contributed by atoms with Gasteiger partial charge in [-0.25, -0.2) is 4.79 Å². The number of hydrogen-bond acceptors (Lipinski definition) is 5. The Morgan fingerprint density at radius 2 is 1.94 bits per heavy atom. The van der Waals surface area contributed by atoms with Gasteiger partial charge < -0.3 is 19.9 Å². The highest BCUT2D eigenvalue weighted by atomic mass is 16.5. The van der Waals surface area contributed by atoms with Crippen LogP contribution in [0.1, 0.15) is 26.2 Å². The highest BCUT2D eigenvalue weighted by molar-refractivity contribution is 5.87. The van der Waals surface area contributed by atoms with Gasteiger partial charge in [0.1, 0.15) is 6.04 Å². The first-order chi connectivity index (χ1) is 8.51. The summed E-state index contributed by atoms with van der Waals surface area (Å²) in [6, 6.07) is -1.27. The van der Waals surface area contributed by atoms with Crippen LogP contribution in [0.25, 0.3) is 0 Å². The van der Waals surface area contributed by atoms with E-state index in [2.05, 4.69) is 10.1 Å². The highest BCUT2D eigenvalue weighted by Gasteiger charge is 2.23. The van der Waals surface area contributed by atoms with Gasteiger partial charge in [0.15, 0.2) is 0 Å². The van der Waals surface area contributed by atoms with Crippen molar-refractivity contribution in [1.82, 2.24) is 5.32 Å². The van der Waals surface area contributed by atoms with E-state index in [9.17, 15) is 14.4 Å². The maximum atomic E-state index is 11.4. The monoisotopic (exact) mass is 261 g/mol. The number of carbonyl (C=O) groups excluding carboxylic acids is 2. The molecule has 2 N–H and O–H groups in total. The Balaban J connectivity index is 4.04. The van der Waals surface area contributed by atoms with Gasteiger partial charge >= 0.3 is 11.9 Å². The minimum absolute atomic E-state index is 0.0605. The molecule has 0 fully saturated rings. The number of hydrogen-bond donors (Lipinski definition) is 2. The van der Waals surface area contributed by atoms with E-state index in [0.29, 0.717) is 6.61 Å². The van der Waals surface area contributed by atoms with Crippen LogP contribution in [-0.2, 0) is 23.9 Å². The van der Waals surface area contributed by atoms with E-state index in [0.717, 1.165) is 13.5 Å². The van der Waals surface area contributed by atoms with Gasteiger partial charge in [-0.15, -0.1) is 0 Å². The lowest BCUT2D eigenvalue weighted by atomic mass is 10.2. The number of ether oxygens (including phenoxy) is 2. The third-order valence-corrected chi connectivity index (χ3v) is 2.05. The normalized spacial score (nSPS) is 11.7. The zero-order chi connectivity index (χ0) is 14.0. The topological polar surface area (TPSA) is 102 Å². The molecule has 0 spiro atoms. The summed E-state index contributed by atoms with van der Waals surface area (Å²) in [5.41, 5.74) is 0. The van der Waals surface area contributed by atoms with Gasteiger partial charge in [-0.2, -0.15) is 0 Å². The summed E-state index contributed by atoms with van der Waals surface area (Å²) in [5, 5.41) is 11.1. The third kappa shape index (κ3) is 7.61. The second kappa shape index (κ2) is 9.41. The zero-order valence-electron chi connectivity index (χ0n) is 10.6. The molecule has 0 aromatic heterocycles. The Morgan fingerprint density at radius 3 is 2.44 bits per heavy atom. The van der Waals surface area contributed by atoms with Gasteiger partial charge in [0, 0.05) is 13.0 Å².